The summed E-state index contributed by atoms with van der Waals surface area (Å²) in [7, 11) is 0. The summed E-state index contributed by atoms with van der Waals surface area (Å²) in [5, 5.41) is 55.9. The fraction of sp³-hybridized carbons (Fsp3) is 0.810. The number of ether oxygens (including phenoxy) is 4. The number of carbonyl (C=O) groups excluding carboxylic acids is 7. The second-order valence-corrected chi connectivity index (χ2v) is 20.3. The second kappa shape index (κ2) is 54.8. The summed E-state index contributed by atoms with van der Waals surface area (Å²) < 4.78 is 20.9. The average Bonchev–Trinajstić information content (AvgIpc) is 3.42. The number of aliphatic carboxylic acids is 4. The van der Waals surface area contributed by atoms with Crippen LogP contribution in [0.25, 0.3) is 0 Å². The lowest BCUT2D eigenvalue weighted by Crippen LogP contribution is -2.42. The maximum atomic E-state index is 12.3. The van der Waals surface area contributed by atoms with Gasteiger partial charge in [0.2, 0.25) is 23.6 Å². The van der Waals surface area contributed by atoms with Crippen LogP contribution in [0.15, 0.2) is 0 Å². The molecule has 24 heteroatoms. The molecular weight excluding hydrogens is 1070 g/mol. The Hall–Kier alpha value is -5.43. The van der Waals surface area contributed by atoms with Crippen LogP contribution >= 0.6 is 0 Å². The third-order valence-corrected chi connectivity index (χ3v) is 13.2. The average molecular weight is 1180 g/mol. The van der Waals surface area contributed by atoms with Crippen molar-refractivity contribution >= 4 is 64.9 Å². The summed E-state index contributed by atoms with van der Waals surface area (Å²) in [4.78, 5) is 128. The Morgan fingerprint density at radius 3 is 1.43 bits per heavy atom. The van der Waals surface area contributed by atoms with E-state index in [4.69, 9.17) is 29.2 Å². The van der Waals surface area contributed by atoms with Crippen LogP contribution < -0.4 is 21.3 Å². The number of nitrogens with one attached hydrogen (secondary N) is 4. The first-order chi connectivity index (χ1) is 39.3. The minimum absolute atomic E-state index is 0.0196. The number of carbonyl (C=O) groups is 11. The molecule has 0 unspecified atom stereocenters. The van der Waals surface area contributed by atoms with E-state index in [1.165, 1.54) is 51.9 Å². The molecule has 474 valence electrons. The minimum Gasteiger partial charge on any atom is -0.481 e. The molecule has 0 saturated carbocycles. The fourth-order valence-electron chi connectivity index (χ4n) is 8.38. The molecule has 9 N–H and O–H groups in total. The maximum Gasteiger partial charge on any atom is 0.326 e. The Morgan fingerprint density at radius 2 is 0.915 bits per heavy atom. The van der Waals surface area contributed by atoms with Crippen molar-refractivity contribution in [3.05, 3.63) is 0 Å². The second-order valence-electron chi connectivity index (χ2n) is 20.3. The van der Waals surface area contributed by atoms with E-state index in [1.807, 2.05) is 13.8 Å². The van der Waals surface area contributed by atoms with E-state index in [9.17, 15) is 68.1 Å². The van der Waals surface area contributed by atoms with Gasteiger partial charge < -0.3 is 65.7 Å². The molecule has 0 saturated heterocycles. The number of amides is 4. The monoisotopic (exact) mass is 1170 g/mol. The van der Waals surface area contributed by atoms with Crippen LogP contribution in [0.2, 0.25) is 0 Å². The van der Waals surface area contributed by atoms with Gasteiger partial charge in [0.15, 0.2) is 11.6 Å². The smallest absolute Gasteiger partial charge is 0.326 e. The van der Waals surface area contributed by atoms with Crippen LogP contribution in [-0.4, -0.2) is 175 Å². The van der Waals surface area contributed by atoms with Crippen molar-refractivity contribution in [2.45, 2.75) is 219 Å². The lowest BCUT2D eigenvalue weighted by atomic mass is 9.95. The predicted octanol–water partition coefficient (Wildman–Crippen LogP) is 5.88. The quantitative estimate of drug-likeness (QED) is 0.0321. The number of aliphatic hydroxyl groups is 1. The van der Waals surface area contributed by atoms with Crippen molar-refractivity contribution in [3.63, 3.8) is 0 Å². The van der Waals surface area contributed by atoms with Gasteiger partial charge in [0, 0.05) is 84.1 Å². The molecular formula is C58H102N4O20. The molecule has 0 aliphatic heterocycles. The van der Waals surface area contributed by atoms with Crippen LogP contribution in [0.5, 0.6) is 0 Å². The molecule has 0 heterocycles. The summed E-state index contributed by atoms with van der Waals surface area (Å²) in [6, 6.07) is -2.38. The van der Waals surface area contributed by atoms with Crippen molar-refractivity contribution in [1.29, 1.82) is 0 Å². The van der Waals surface area contributed by atoms with Gasteiger partial charge in [0.05, 0.1) is 39.0 Å². The highest BCUT2D eigenvalue weighted by Gasteiger charge is 2.26. The Bertz CT molecular complexity index is 1800. The number of rotatable bonds is 57. The SMILES string of the molecule is CCOCCOCCCC(=O)CC[C@H](NC(=O)CCCCCCCCCCCCCCCCC(=O)O)C(=O)O.CC[C@@H](CCCCNC(=O)CC[C@H](NC(=O)CC[C@H](CC(=O)COCCOCCNC(C)=O)C(=O)O)C(=O)O)C(=O)CO. The Balaban J connectivity index is 0. The first-order valence-electron chi connectivity index (χ1n) is 29.8. The van der Waals surface area contributed by atoms with E-state index < -0.39 is 66.1 Å². The standard InChI is InChI=1S/C30H55NO8.C28H47N3O12/c1-2-38-24-25-39-23-17-18-26(32)21-22-27(30(36)37)31-28(33)19-15-13-11-9-7-5-3-4-6-8-10-12-14-16-20-29(34)35;1-3-20(24(35)17-32)6-4-5-11-30-25(36)10-8-23(28(40)41)31-26(37)9-7-21(27(38)39)16-22(34)18-43-15-14-42-13-12-29-19(2)33/h27H,2-25H2,1H3,(H,31,33)(H,34,35)(H,36,37);20-21,23,32H,3-18H2,1-2H3,(H,29,33)(H,30,36)(H,31,37)(H,38,39)(H,40,41)/t27-;20-,21+,23-/m00/s1. The molecule has 24 nitrogen and oxygen atoms in total. The number of carboxylic acids is 4. The van der Waals surface area contributed by atoms with Gasteiger partial charge in [-0.25, -0.2) is 9.59 Å². The number of ketones is 3. The van der Waals surface area contributed by atoms with E-state index >= 15 is 0 Å². The van der Waals surface area contributed by atoms with Crippen molar-refractivity contribution < 1.29 is 97.2 Å². The zero-order chi connectivity index (χ0) is 61.6. The van der Waals surface area contributed by atoms with E-state index in [1.54, 1.807) is 0 Å². The summed E-state index contributed by atoms with van der Waals surface area (Å²) in [6.45, 7) is 7.68. The van der Waals surface area contributed by atoms with Crippen LogP contribution in [0.1, 0.15) is 207 Å². The van der Waals surface area contributed by atoms with Crippen LogP contribution in [0.3, 0.4) is 0 Å². The fourth-order valence-corrected chi connectivity index (χ4v) is 8.38. The molecule has 0 rings (SSSR count). The summed E-state index contributed by atoms with van der Waals surface area (Å²) in [5.41, 5.74) is 0. The molecule has 4 atom stereocenters. The maximum absolute atomic E-state index is 12.3. The van der Waals surface area contributed by atoms with Gasteiger partial charge in [-0.05, 0) is 64.7 Å². The molecule has 0 aromatic heterocycles. The zero-order valence-electron chi connectivity index (χ0n) is 49.5. The summed E-state index contributed by atoms with van der Waals surface area (Å²) in [6.07, 6.45) is 18.5. The number of unbranched alkanes of at least 4 members (excludes halogenated alkanes) is 14. The van der Waals surface area contributed by atoms with Gasteiger partial charge in [-0.3, -0.25) is 43.2 Å². The van der Waals surface area contributed by atoms with Gasteiger partial charge in [-0.1, -0.05) is 90.4 Å². The Morgan fingerprint density at radius 1 is 0.415 bits per heavy atom. The Labute approximate surface area is 485 Å². The van der Waals surface area contributed by atoms with Crippen molar-refractivity contribution in [2.24, 2.45) is 11.8 Å². The largest absolute Gasteiger partial charge is 0.481 e. The third-order valence-electron chi connectivity index (χ3n) is 13.2. The van der Waals surface area contributed by atoms with Crippen molar-refractivity contribution in [1.82, 2.24) is 21.3 Å². The van der Waals surface area contributed by atoms with E-state index in [0.29, 0.717) is 84.5 Å². The highest BCUT2D eigenvalue weighted by atomic mass is 16.5. The third kappa shape index (κ3) is 51.5. The molecule has 0 aromatic rings. The molecule has 0 aliphatic rings. The number of aliphatic hydroxyl groups excluding tert-OH is 1. The van der Waals surface area contributed by atoms with Crippen molar-refractivity contribution in [2.75, 3.05) is 72.6 Å². The molecule has 0 aromatic carbocycles. The van der Waals surface area contributed by atoms with Crippen LogP contribution in [0, 0.1) is 11.8 Å². The molecule has 0 bridgehead atoms. The molecule has 0 radical (unpaired) electrons. The van der Waals surface area contributed by atoms with Gasteiger partial charge in [0.1, 0.15) is 31.1 Å². The van der Waals surface area contributed by atoms with Gasteiger partial charge in [-0.15, -0.1) is 0 Å². The van der Waals surface area contributed by atoms with E-state index in [0.717, 1.165) is 44.9 Å². The number of hydrogen-bond donors (Lipinski definition) is 9. The van der Waals surface area contributed by atoms with Crippen molar-refractivity contribution in [3.8, 4) is 0 Å². The van der Waals surface area contributed by atoms with Gasteiger partial charge in [-0.2, -0.15) is 0 Å². The number of Topliss-reactive ketones (excluding diaryl/α,β-unsaturated/α-hetero) is 3. The molecule has 82 heavy (non-hydrogen) atoms. The summed E-state index contributed by atoms with van der Waals surface area (Å²) in [5.74, 6) is -8.09. The zero-order valence-corrected chi connectivity index (χ0v) is 49.5. The first kappa shape index (κ1) is 78.6. The lowest BCUT2D eigenvalue weighted by Gasteiger charge is -2.16. The molecule has 0 aliphatic carbocycles. The highest BCUT2D eigenvalue weighted by molar-refractivity contribution is 5.87. The summed E-state index contributed by atoms with van der Waals surface area (Å²) >= 11 is 0. The predicted molar refractivity (Wildman–Crippen MR) is 304 cm³/mol. The van der Waals surface area contributed by atoms with Gasteiger partial charge >= 0.3 is 23.9 Å². The van der Waals surface area contributed by atoms with Crippen LogP contribution in [0.4, 0.5) is 0 Å². The molecule has 0 fully saturated rings. The molecule has 4 amide bonds. The number of hydrogen-bond acceptors (Lipinski definition) is 16. The normalized spacial score (nSPS) is 12.4. The number of carboxylic acid groups (broad SMARTS) is 4. The van der Waals surface area contributed by atoms with E-state index in [-0.39, 0.29) is 107 Å². The molecule has 0 spiro atoms. The minimum atomic E-state index is -1.35. The lowest BCUT2D eigenvalue weighted by molar-refractivity contribution is -0.145. The van der Waals surface area contributed by atoms with Gasteiger partial charge in [0.25, 0.3) is 0 Å². The topological polar surface area (TPSA) is 374 Å². The van der Waals surface area contributed by atoms with Crippen LogP contribution in [-0.2, 0) is 71.7 Å². The van der Waals surface area contributed by atoms with E-state index in [2.05, 4.69) is 21.3 Å². The highest BCUT2D eigenvalue weighted by Crippen LogP contribution is 2.17. The first-order valence-corrected chi connectivity index (χ1v) is 29.8. The Kier molecular flexibility index (Phi) is 52.6.